The Morgan fingerprint density at radius 2 is 1.77 bits per heavy atom. The lowest BCUT2D eigenvalue weighted by Gasteiger charge is -2.29. The number of carbonyl (C=O) groups excluding carboxylic acids is 2. The number of hydrogen-bond acceptors (Lipinski definition) is 5. The lowest BCUT2D eigenvalue weighted by Crippen LogP contribution is -2.52. The molecule has 0 atom stereocenters. The van der Waals surface area contributed by atoms with Crippen molar-refractivity contribution < 1.29 is 32.2 Å². The third kappa shape index (κ3) is 4.37. The zero-order valence-corrected chi connectivity index (χ0v) is 13.8. The third-order valence-electron chi connectivity index (χ3n) is 4.12. The molecule has 2 aliphatic heterocycles. The molecule has 142 valence electrons. The van der Waals surface area contributed by atoms with Crippen LogP contribution in [0.1, 0.15) is 5.56 Å². The number of amides is 2. The van der Waals surface area contributed by atoms with Crippen molar-refractivity contribution in [3.8, 4) is 11.5 Å². The van der Waals surface area contributed by atoms with Gasteiger partial charge >= 0.3 is 18.2 Å². The van der Waals surface area contributed by atoms with Gasteiger partial charge in [-0.1, -0.05) is 0 Å². The van der Waals surface area contributed by atoms with E-state index in [0.717, 1.165) is 6.07 Å². The maximum atomic E-state index is 12.5. The quantitative estimate of drug-likeness (QED) is 0.736. The Morgan fingerprint density at radius 1 is 1.08 bits per heavy atom. The molecule has 0 aromatic heterocycles. The molecule has 0 saturated carbocycles. The summed E-state index contributed by atoms with van der Waals surface area (Å²) < 4.78 is 46.6. The van der Waals surface area contributed by atoms with Crippen LogP contribution < -0.4 is 14.8 Å². The van der Waals surface area contributed by atoms with Gasteiger partial charge in [-0.3, -0.25) is 9.59 Å². The van der Waals surface area contributed by atoms with E-state index in [1.165, 1.54) is 21.9 Å². The summed E-state index contributed by atoms with van der Waals surface area (Å²) in [6.07, 6.45) is -4.81. The largest absolute Gasteiger partial charge is 0.573 e. The van der Waals surface area contributed by atoms with E-state index in [2.05, 4.69) is 10.1 Å². The van der Waals surface area contributed by atoms with E-state index in [9.17, 15) is 22.8 Å². The predicted octanol–water partition coefficient (Wildman–Crippen LogP) is 0.738. The highest BCUT2D eigenvalue weighted by Gasteiger charge is 2.33. The minimum Gasteiger partial charge on any atom is -0.491 e. The van der Waals surface area contributed by atoms with Gasteiger partial charge in [-0.25, -0.2) is 0 Å². The molecule has 0 spiro atoms. The van der Waals surface area contributed by atoms with Gasteiger partial charge in [0.25, 0.3) is 0 Å². The van der Waals surface area contributed by atoms with Crippen LogP contribution in [0.5, 0.6) is 11.5 Å². The van der Waals surface area contributed by atoms with Crippen LogP contribution in [0.25, 0.3) is 0 Å². The topological polar surface area (TPSA) is 71.1 Å². The zero-order valence-electron chi connectivity index (χ0n) is 13.8. The van der Waals surface area contributed by atoms with Crippen molar-refractivity contribution in [3.05, 3.63) is 23.8 Å². The minimum atomic E-state index is -4.81. The molecule has 2 aliphatic rings. The number of nitrogens with one attached hydrogen (secondary N) is 1. The summed E-state index contributed by atoms with van der Waals surface area (Å²) in [5.41, 5.74) is 0.353. The van der Waals surface area contributed by atoms with E-state index >= 15 is 0 Å². The molecular weight excluding hydrogens is 355 g/mol. The number of rotatable bonds is 1. The van der Waals surface area contributed by atoms with E-state index in [-0.39, 0.29) is 19.7 Å². The molecule has 7 nitrogen and oxygen atoms in total. The second kappa shape index (κ2) is 7.40. The highest BCUT2D eigenvalue weighted by atomic mass is 19.4. The Balaban J connectivity index is 1.74. The summed E-state index contributed by atoms with van der Waals surface area (Å²) in [5, 5.41) is 3.09. The van der Waals surface area contributed by atoms with Crippen molar-refractivity contribution in [1.29, 1.82) is 0 Å². The number of fused-ring (bicyclic) bond motifs is 1. The summed E-state index contributed by atoms with van der Waals surface area (Å²) in [6.45, 7) is 2.39. The van der Waals surface area contributed by atoms with E-state index < -0.39 is 23.9 Å². The average molecular weight is 373 g/mol. The van der Waals surface area contributed by atoms with Crippen molar-refractivity contribution >= 4 is 11.8 Å². The van der Waals surface area contributed by atoms with Crippen LogP contribution in [0, 0.1) is 0 Å². The highest BCUT2D eigenvalue weighted by Crippen LogP contribution is 2.30. The Kier molecular flexibility index (Phi) is 5.21. The van der Waals surface area contributed by atoms with Crippen molar-refractivity contribution in [2.75, 3.05) is 39.3 Å². The average Bonchev–Trinajstić information content (AvgIpc) is 2.81. The first kappa shape index (κ1) is 18.3. The Morgan fingerprint density at radius 3 is 2.46 bits per heavy atom. The second-order valence-corrected chi connectivity index (χ2v) is 5.93. The molecule has 26 heavy (non-hydrogen) atoms. The van der Waals surface area contributed by atoms with Gasteiger partial charge in [-0.05, 0) is 18.2 Å². The summed E-state index contributed by atoms with van der Waals surface area (Å²) in [4.78, 5) is 27.6. The molecule has 0 bridgehead atoms. The van der Waals surface area contributed by atoms with Gasteiger partial charge in [-0.2, -0.15) is 0 Å². The molecule has 1 aromatic rings. The predicted molar refractivity (Wildman–Crippen MR) is 83.5 cm³/mol. The maximum Gasteiger partial charge on any atom is 0.573 e. The van der Waals surface area contributed by atoms with Crippen LogP contribution >= 0.6 is 0 Å². The lowest BCUT2D eigenvalue weighted by molar-refractivity contribution is -0.274. The SMILES string of the molecule is O=C(C(=O)N1CCOc2ccc(OC(F)(F)F)cc2C1)N1CCNCC1. The number of ether oxygens (including phenoxy) is 2. The molecule has 2 heterocycles. The van der Waals surface area contributed by atoms with Crippen LogP contribution in [0.15, 0.2) is 18.2 Å². The first-order chi connectivity index (χ1) is 12.3. The van der Waals surface area contributed by atoms with Gasteiger partial charge in [0.1, 0.15) is 18.1 Å². The van der Waals surface area contributed by atoms with Gasteiger partial charge in [0.15, 0.2) is 0 Å². The molecule has 3 rings (SSSR count). The van der Waals surface area contributed by atoms with Crippen LogP contribution in [0.2, 0.25) is 0 Å². The third-order valence-corrected chi connectivity index (χ3v) is 4.12. The van der Waals surface area contributed by atoms with Gasteiger partial charge in [-0.15, -0.1) is 13.2 Å². The molecular formula is C16H18F3N3O4. The lowest BCUT2D eigenvalue weighted by atomic mass is 10.1. The van der Waals surface area contributed by atoms with E-state index in [1.807, 2.05) is 0 Å². The number of hydrogen-bond donors (Lipinski definition) is 1. The number of alkyl halides is 3. The van der Waals surface area contributed by atoms with E-state index in [0.29, 0.717) is 37.5 Å². The molecule has 2 amide bonds. The summed E-state index contributed by atoms with van der Waals surface area (Å²) in [7, 11) is 0. The number of nitrogens with zero attached hydrogens (tertiary/aromatic N) is 2. The van der Waals surface area contributed by atoms with Gasteiger partial charge in [0, 0.05) is 31.7 Å². The molecule has 1 N–H and O–H groups in total. The molecule has 1 aromatic carbocycles. The summed E-state index contributed by atoms with van der Waals surface area (Å²) in [6, 6.07) is 3.68. The molecule has 10 heteroatoms. The first-order valence-corrected chi connectivity index (χ1v) is 8.14. The molecule has 1 saturated heterocycles. The normalized spacial score (nSPS) is 17.8. The molecule has 1 fully saturated rings. The molecule has 0 aliphatic carbocycles. The number of piperazine rings is 1. The van der Waals surface area contributed by atoms with Crippen LogP contribution in [-0.4, -0.2) is 67.3 Å². The van der Waals surface area contributed by atoms with Gasteiger partial charge in [0.05, 0.1) is 13.1 Å². The Bertz CT molecular complexity index is 690. The minimum absolute atomic E-state index is 0.0267. The summed E-state index contributed by atoms with van der Waals surface area (Å²) >= 11 is 0. The van der Waals surface area contributed by atoms with Crippen LogP contribution in [-0.2, 0) is 16.1 Å². The van der Waals surface area contributed by atoms with Gasteiger partial charge in [0.2, 0.25) is 0 Å². The van der Waals surface area contributed by atoms with Crippen molar-refractivity contribution in [2.45, 2.75) is 12.9 Å². The number of halogens is 3. The van der Waals surface area contributed by atoms with Gasteiger partial charge < -0.3 is 24.6 Å². The smallest absolute Gasteiger partial charge is 0.491 e. The second-order valence-electron chi connectivity index (χ2n) is 5.93. The van der Waals surface area contributed by atoms with E-state index in [4.69, 9.17) is 4.74 Å². The summed E-state index contributed by atoms with van der Waals surface area (Å²) in [5.74, 6) is -1.34. The van der Waals surface area contributed by atoms with Crippen molar-refractivity contribution in [2.24, 2.45) is 0 Å². The number of benzene rings is 1. The zero-order chi connectivity index (χ0) is 18.7. The Hall–Kier alpha value is -2.49. The number of carbonyl (C=O) groups is 2. The van der Waals surface area contributed by atoms with E-state index in [1.54, 1.807) is 0 Å². The first-order valence-electron chi connectivity index (χ1n) is 8.14. The fourth-order valence-corrected chi connectivity index (χ4v) is 2.88. The van der Waals surface area contributed by atoms with Crippen LogP contribution in [0.3, 0.4) is 0 Å². The Labute approximate surface area is 147 Å². The van der Waals surface area contributed by atoms with Crippen LogP contribution in [0.4, 0.5) is 13.2 Å². The molecule has 0 unspecified atom stereocenters. The monoisotopic (exact) mass is 373 g/mol. The molecule has 0 radical (unpaired) electrons. The van der Waals surface area contributed by atoms with Crippen molar-refractivity contribution in [3.63, 3.8) is 0 Å². The van der Waals surface area contributed by atoms with Crippen molar-refractivity contribution in [1.82, 2.24) is 15.1 Å². The maximum absolute atomic E-state index is 12.5. The fourth-order valence-electron chi connectivity index (χ4n) is 2.88. The standard InChI is InChI=1S/C16H18F3N3O4/c17-16(18,19)26-12-1-2-13-11(9-12)10-22(7-8-25-13)15(24)14(23)21-5-3-20-4-6-21/h1-2,9,20H,3-8,10H2. The highest BCUT2D eigenvalue weighted by molar-refractivity contribution is 6.34. The fraction of sp³-hybridized carbons (Fsp3) is 0.500.